The molecule has 2 nitrogen and oxygen atoms in total. The fourth-order valence-electron chi connectivity index (χ4n) is 3.73. The maximum Gasteiger partial charge on any atom is 0.123 e. The van der Waals surface area contributed by atoms with Crippen LogP contribution in [0.5, 0.6) is 0 Å². The van der Waals surface area contributed by atoms with E-state index in [4.69, 9.17) is 0 Å². The quantitative estimate of drug-likeness (QED) is 0.850. The number of hydrogen-bond acceptors (Lipinski definition) is 2. The van der Waals surface area contributed by atoms with E-state index in [-0.39, 0.29) is 5.82 Å². The van der Waals surface area contributed by atoms with E-state index in [9.17, 15) is 4.39 Å². The van der Waals surface area contributed by atoms with Crippen LogP contribution in [0, 0.1) is 17.2 Å². The molecule has 1 N–H and O–H groups in total. The second-order valence-electron chi connectivity index (χ2n) is 6.84. The summed E-state index contributed by atoms with van der Waals surface area (Å²) < 4.78 is 13.1. The van der Waals surface area contributed by atoms with Gasteiger partial charge in [-0.25, -0.2) is 4.39 Å². The van der Waals surface area contributed by atoms with Crippen molar-refractivity contribution in [2.24, 2.45) is 11.3 Å². The Morgan fingerprint density at radius 2 is 1.90 bits per heavy atom. The molecule has 0 saturated heterocycles. The molecule has 0 heterocycles. The molecule has 0 amide bonds. The summed E-state index contributed by atoms with van der Waals surface area (Å²) in [5, 5.41) is 3.69. The first-order chi connectivity index (χ1) is 9.97. The van der Waals surface area contributed by atoms with Gasteiger partial charge in [0.2, 0.25) is 0 Å². The predicted molar refractivity (Wildman–Crippen MR) is 88.3 cm³/mol. The Bertz CT molecular complexity index is 441. The number of benzene rings is 1. The van der Waals surface area contributed by atoms with Crippen LogP contribution in [0.2, 0.25) is 0 Å². The molecule has 0 spiro atoms. The molecule has 2 rings (SSSR count). The molecular formula is C18H29FN2. The van der Waals surface area contributed by atoms with Crippen LogP contribution >= 0.6 is 0 Å². The normalized spacial score (nSPS) is 24.2. The highest BCUT2D eigenvalue weighted by molar-refractivity contribution is 5.46. The van der Waals surface area contributed by atoms with Gasteiger partial charge < -0.3 is 10.2 Å². The molecule has 0 aliphatic heterocycles. The van der Waals surface area contributed by atoms with Gasteiger partial charge in [-0.1, -0.05) is 20.8 Å². The van der Waals surface area contributed by atoms with Gasteiger partial charge in [0, 0.05) is 24.8 Å². The van der Waals surface area contributed by atoms with Crippen LogP contribution in [0.25, 0.3) is 0 Å². The Hall–Kier alpha value is -1.09. The number of halogens is 1. The van der Waals surface area contributed by atoms with Crippen LogP contribution in [-0.2, 0) is 0 Å². The number of rotatable bonds is 6. The molecule has 1 aromatic rings. The minimum atomic E-state index is -0.165. The van der Waals surface area contributed by atoms with Gasteiger partial charge >= 0.3 is 0 Å². The fraction of sp³-hybridized carbons (Fsp3) is 0.667. The summed E-state index contributed by atoms with van der Waals surface area (Å²) in [6.45, 7) is 12.1. The molecule has 118 valence electrons. The Morgan fingerprint density at radius 1 is 1.24 bits per heavy atom. The fourth-order valence-corrected chi connectivity index (χ4v) is 3.73. The van der Waals surface area contributed by atoms with Crippen LogP contribution in [0.1, 0.15) is 40.5 Å². The van der Waals surface area contributed by atoms with E-state index < -0.39 is 0 Å². The molecule has 1 aliphatic carbocycles. The van der Waals surface area contributed by atoms with E-state index in [1.807, 2.05) is 12.1 Å². The number of anilines is 1. The zero-order valence-corrected chi connectivity index (χ0v) is 13.8. The zero-order valence-electron chi connectivity index (χ0n) is 13.8. The summed E-state index contributed by atoms with van der Waals surface area (Å²) in [6.07, 6.45) is 2.54. The van der Waals surface area contributed by atoms with Crippen LogP contribution in [-0.4, -0.2) is 25.7 Å². The van der Waals surface area contributed by atoms with Crippen molar-refractivity contribution >= 4 is 5.69 Å². The molecule has 1 aromatic carbocycles. The molecule has 2 unspecified atom stereocenters. The van der Waals surface area contributed by atoms with Crippen LogP contribution < -0.4 is 10.2 Å². The lowest BCUT2D eigenvalue weighted by molar-refractivity contribution is 0.253. The highest BCUT2D eigenvalue weighted by Crippen LogP contribution is 2.42. The molecule has 0 bridgehead atoms. The van der Waals surface area contributed by atoms with E-state index >= 15 is 0 Å². The molecule has 1 aliphatic rings. The molecule has 1 fully saturated rings. The zero-order chi connectivity index (χ0) is 15.5. The van der Waals surface area contributed by atoms with Gasteiger partial charge in [0.25, 0.3) is 0 Å². The van der Waals surface area contributed by atoms with Crippen LogP contribution in [0.3, 0.4) is 0 Å². The summed E-state index contributed by atoms with van der Waals surface area (Å²) in [5.41, 5.74) is 1.49. The summed E-state index contributed by atoms with van der Waals surface area (Å²) in [5.74, 6) is 0.493. The molecule has 21 heavy (non-hydrogen) atoms. The molecule has 0 aromatic heterocycles. The number of nitrogens with zero attached hydrogens (tertiary/aromatic N) is 1. The molecule has 1 saturated carbocycles. The Morgan fingerprint density at radius 3 is 2.48 bits per heavy atom. The van der Waals surface area contributed by atoms with E-state index in [0.717, 1.165) is 25.3 Å². The highest BCUT2D eigenvalue weighted by atomic mass is 19.1. The molecule has 3 heteroatoms. The summed E-state index contributed by atoms with van der Waals surface area (Å²) in [4.78, 5) is 2.37. The standard InChI is InChI=1S/C18H29FN2/c1-5-20-17-14(11-12-18(17,3)4)13-21(6-2)16-9-7-15(19)8-10-16/h7-10,14,17,20H,5-6,11-13H2,1-4H3. The van der Waals surface area contributed by atoms with Crippen molar-refractivity contribution < 1.29 is 4.39 Å². The van der Waals surface area contributed by atoms with E-state index in [2.05, 4.69) is 37.9 Å². The van der Waals surface area contributed by atoms with Gasteiger partial charge in [-0.3, -0.25) is 0 Å². The maximum atomic E-state index is 13.1. The number of hydrogen-bond donors (Lipinski definition) is 1. The molecule has 0 radical (unpaired) electrons. The largest absolute Gasteiger partial charge is 0.371 e. The van der Waals surface area contributed by atoms with Crippen molar-refractivity contribution in [3.63, 3.8) is 0 Å². The van der Waals surface area contributed by atoms with Gasteiger partial charge in [-0.15, -0.1) is 0 Å². The SMILES string of the molecule is CCNC1C(CN(CC)c2ccc(F)cc2)CCC1(C)C. The lowest BCUT2D eigenvalue weighted by atomic mass is 9.84. The number of nitrogens with one attached hydrogen (secondary N) is 1. The third-order valence-electron chi connectivity index (χ3n) is 4.93. The van der Waals surface area contributed by atoms with Gasteiger partial charge in [0.1, 0.15) is 5.82 Å². The maximum absolute atomic E-state index is 13.1. The molecule has 2 atom stereocenters. The minimum absolute atomic E-state index is 0.165. The van der Waals surface area contributed by atoms with Crippen molar-refractivity contribution in [3.05, 3.63) is 30.1 Å². The van der Waals surface area contributed by atoms with Crippen molar-refractivity contribution in [3.8, 4) is 0 Å². The van der Waals surface area contributed by atoms with Crippen molar-refractivity contribution in [1.29, 1.82) is 0 Å². The summed E-state index contributed by atoms with van der Waals surface area (Å²) in [6, 6.07) is 7.45. The average Bonchev–Trinajstić information content (AvgIpc) is 2.73. The van der Waals surface area contributed by atoms with Gasteiger partial charge in [-0.05, 0) is 61.9 Å². The van der Waals surface area contributed by atoms with Gasteiger partial charge in [0.05, 0.1) is 0 Å². The van der Waals surface area contributed by atoms with E-state index in [1.54, 1.807) is 12.1 Å². The second-order valence-corrected chi connectivity index (χ2v) is 6.84. The Labute approximate surface area is 128 Å². The Kier molecular flexibility index (Phi) is 5.26. The van der Waals surface area contributed by atoms with Crippen LogP contribution in [0.4, 0.5) is 10.1 Å². The minimum Gasteiger partial charge on any atom is -0.371 e. The third kappa shape index (κ3) is 3.76. The lowest BCUT2D eigenvalue weighted by Gasteiger charge is -2.34. The predicted octanol–water partition coefficient (Wildman–Crippen LogP) is 4.07. The second kappa shape index (κ2) is 6.78. The first-order valence-electron chi connectivity index (χ1n) is 8.21. The lowest BCUT2D eigenvalue weighted by Crippen LogP contribution is -2.45. The average molecular weight is 292 g/mol. The monoisotopic (exact) mass is 292 g/mol. The van der Waals surface area contributed by atoms with E-state index in [1.165, 1.54) is 12.8 Å². The van der Waals surface area contributed by atoms with Crippen LogP contribution in [0.15, 0.2) is 24.3 Å². The van der Waals surface area contributed by atoms with Crippen molar-refractivity contribution in [1.82, 2.24) is 5.32 Å². The first-order valence-corrected chi connectivity index (χ1v) is 8.21. The third-order valence-corrected chi connectivity index (χ3v) is 4.93. The topological polar surface area (TPSA) is 15.3 Å². The smallest absolute Gasteiger partial charge is 0.123 e. The summed E-state index contributed by atoms with van der Waals surface area (Å²) >= 11 is 0. The Balaban J connectivity index is 2.09. The highest BCUT2D eigenvalue weighted by Gasteiger charge is 2.41. The van der Waals surface area contributed by atoms with Gasteiger partial charge in [-0.2, -0.15) is 0 Å². The first kappa shape index (κ1) is 16.3. The van der Waals surface area contributed by atoms with Crippen molar-refractivity contribution in [2.75, 3.05) is 24.5 Å². The van der Waals surface area contributed by atoms with E-state index in [0.29, 0.717) is 17.4 Å². The molecular weight excluding hydrogens is 263 g/mol. The van der Waals surface area contributed by atoms with Crippen molar-refractivity contribution in [2.45, 2.75) is 46.6 Å². The van der Waals surface area contributed by atoms with Gasteiger partial charge in [0.15, 0.2) is 0 Å². The summed E-state index contributed by atoms with van der Waals surface area (Å²) in [7, 11) is 0.